The van der Waals surface area contributed by atoms with Crippen LogP contribution in [0.3, 0.4) is 0 Å². The van der Waals surface area contributed by atoms with Gasteiger partial charge in [-0.25, -0.2) is 15.8 Å². The van der Waals surface area contributed by atoms with Crippen LogP contribution >= 0.6 is 0 Å². The molecular formula is C31H38N4O5. The minimum Gasteiger partial charge on any atom is -0.326 e. The molecule has 3 aromatic carbocycles. The lowest BCUT2D eigenvalue weighted by atomic mass is 9.97. The average molecular weight is 547 g/mol. The molecule has 4 amide bonds. The number of rotatable bonds is 13. The second-order valence-corrected chi connectivity index (χ2v) is 10.2. The van der Waals surface area contributed by atoms with Crippen LogP contribution in [0.25, 0.3) is 11.1 Å². The van der Waals surface area contributed by atoms with E-state index in [0.29, 0.717) is 19.4 Å². The molecule has 1 unspecified atom stereocenters. The second-order valence-electron chi connectivity index (χ2n) is 10.2. The van der Waals surface area contributed by atoms with Crippen LogP contribution in [0.4, 0.5) is 4.79 Å². The van der Waals surface area contributed by atoms with Crippen LogP contribution in [-0.2, 0) is 22.4 Å². The number of hydrogen-bond acceptors (Lipinski definition) is 5. The number of carbonyl (C=O) groups excluding carboxylic acids is 3. The lowest BCUT2D eigenvalue weighted by molar-refractivity contribution is -0.134. The van der Waals surface area contributed by atoms with E-state index in [-0.39, 0.29) is 18.9 Å². The predicted molar refractivity (Wildman–Crippen MR) is 152 cm³/mol. The van der Waals surface area contributed by atoms with Crippen LogP contribution in [-0.4, -0.2) is 52.3 Å². The van der Waals surface area contributed by atoms with Crippen molar-refractivity contribution in [2.75, 3.05) is 13.1 Å². The summed E-state index contributed by atoms with van der Waals surface area (Å²) >= 11 is 0. The van der Waals surface area contributed by atoms with E-state index < -0.39 is 29.8 Å². The van der Waals surface area contributed by atoms with Gasteiger partial charge in [-0.3, -0.25) is 20.0 Å². The first-order valence-corrected chi connectivity index (χ1v) is 13.4. The summed E-state index contributed by atoms with van der Waals surface area (Å²) in [7, 11) is 0. The Morgan fingerprint density at radius 1 is 0.725 bits per heavy atom. The van der Waals surface area contributed by atoms with Gasteiger partial charge in [0.15, 0.2) is 0 Å². The van der Waals surface area contributed by atoms with Crippen LogP contribution in [0.15, 0.2) is 84.9 Å². The number of nitrogens with zero attached hydrogens (tertiary/aromatic N) is 1. The van der Waals surface area contributed by atoms with E-state index in [4.69, 9.17) is 0 Å². The zero-order valence-electron chi connectivity index (χ0n) is 22.9. The first-order chi connectivity index (χ1) is 19.3. The maximum atomic E-state index is 13.4. The molecule has 0 aliphatic rings. The molecule has 3 aromatic rings. The molecule has 0 radical (unpaired) electrons. The maximum Gasteiger partial charge on any atom is 0.318 e. The van der Waals surface area contributed by atoms with Gasteiger partial charge in [0.05, 0.1) is 5.92 Å². The van der Waals surface area contributed by atoms with E-state index in [2.05, 4.69) is 5.32 Å². The van der Waals surface area contributed by atoms with Gasteiger partial charge in [0.25, 0.3) is 5.91 Å². The van der Waals surface area contributed by atoms with Crippen molar-refractivity contribution in [3.63, 3.8) is 0 Å². The van der Waals surface area contributed by atoms with Crippen molar-refractivity contribution in [1.82, 2.24) is 21.2 Å². The van der Waals surface area contributed by atoms with Gasteiger partial charge in [0.1, 0.15) is 6.04 Å². The quantitative estimate of drug-likeness (QED) is 0.162. The van der Waals surface area contributed by atoms with Crippen molar-refractivity contribution in [2.45, 2.75) is 39.2 Å². The van der Waals surface area contributed by atoms with Gasteiger partial charge in [0, 0.05) is 19.5 Å². The van der Waals surface area contributed by atoms with Gasteiger partial charge >= 0.3 is 6.03 Å². The molecule has 9 heteroatoms. The largest absolute Gasteiger partial charge is 0.326 e. The molecule has 0 heterocycles. The summed E-state index contributed by atoms with van der Waals surface area (Å²) in [5.41, 5.74) is 7.28. The highest BCUT2D eigenvalue weighted by molar-refractivity contribution is 5.87. The molecule has 0 aliphatic carbocycles. The van der Waals surface area contributed by atoms with Crippen molar-refractivity contribution in [3.8, 4) is 11.1 Å². The number of hydroxylamine groups is 2. The molecule has 40 heavy (non-hydrogen) atoms. The van der Waals surface area contributed by atoms with E-state index >= 15 is 0 Å². The molecule has 5 N–H and O–H groups in total. The normalized spacial score (nSPS) is 12.3. The fraction of sp³-hybridized carbons (Fsp3) is 0.323. The molecule has 0 aromatic heterocycles. The summed E-state index contributed by atoms with van der Waals surface area (Å²) in [5, 5.41) is 21.4. The van der Waals surface area contributed by atoms with Crippen LogP contribution in [0.5, 0.6) is 0 Å². The number of hydrogen-bond donors (Lipinski definition) is 5. The molecule has 0 bridgehead atoms. The Kier molecular flexibility index (Phi) is 11.7. The zero-order chi connectivity index (χ0) is 28.9. The van der Waals surface area contributed by atoms with Gasteiger partial charge in [-0.05, 0) is 41.0 Å². The van der Waals surface area contributed by atoms with E-state index in [1.54, 1.807) is 11.0 Å². The molecule has 0 saturated carbocycles. The Morgan fingerprint density at radius 3 is 1.88 bits per heavy atom. The van der Waals surface area contributed by atoms with Crippen LogP contribution in [0.1, 0.15) is 31.4 Å². The Morgan fingerprint density at radius 2 is 1.30 bits per heavy atom. The lowest BCUT2D eigenvalue weighted by Crippen LogP contribution is -2.53. The topological polar surface area (TPSA) is 131 Å². The number of aryl methyl sites for hydroxylation is 1. The molecule has 9 nitrogen and oxygen atoms in total. The summed E-state index contributed by atoms with van der Waals surface area (Å²) < 4.78 is 0. The third kappa shape index (κ3) is 9.21. The molecule has 0 aliphatic heterocycles. The molecule has 3 rings (SSSR count). The van der Waals surface area contributed by atoms with E-state index in [1.165, 1.54) is 4.90 Å². The Bertz CT molecular complexity index is 1220. The highest BCUT2D eigenvalue weighted by Gasteiger charge is 2.28. The highest BCUT2D eigenvalue weighted by atomic mass is 16.5. The van der Waals surface area contributed by atoms with Crippen molar-refractivity contribution in [3.05, 3.63) is 96.1 Å². The van der Waals surface area contributed by atoms with Crippen molar-refractivity contribution in [1.29, 1.82) is 0 Å². The van der Waals surface area contributed by atoms with E-state index in [1.807, 2.05) is 98.8 Å². The van der Waals surface area contributed by atoms with Gasteiger partial charge in [-0.1, -0.05) is 98.8 Å². The Balaban J connectivity index is 1.72. The third-order valence-electron chi connectivity index (χ3n) is 6.64. The molecule has 2 atom stereocenters. The smallest absolute Gasteiger partial charge is 0.318 e. The Labute approximate surface area is 235 Å². The standard InChI is InChI=1S/C31H38N4O5/c1-22(2)20-35(21-27(29(36)33-39)18-13-23-9-5-3-6-10-23)31(38)32-28(30(37)34-40)19-24-14-16-26(17-15-24)25-11-7-4-8-12-25/h3-12,14-17,22,27-28,39-40H,13,18-21H2,1-2H3,(H,32,38)(H,33,36)(H,34,37)/t27?,28-/m0/s1. The number of carbonyl (C=O) groups is 3. The second kappa shape index (κ2) is 15.4. The lowest BCUT2D eigenvalue weighted by Gasteiger charge is -2.30. The fourth-order valence-corrected chi connectivity index (χ4v) is 4.56. The SMILES string of the molecule is CC(C)CN(CC(CCc1ccccc1)C(=O)NO)C(=O)N[C@@H](Cc1ccc(-c2ccccc2)cc1)C(=O)NO. The van der Waals surface area contributed by atoms with Crippen molar-refractivity contribution < 1.29 is 24.8 Å². The minimum absolute atomic E-state index is 0.0441. The van der Waals surface area contributed by atoms with Crippen LogP contribution in [0, 0.1) is 11.8 Å². The third-order valence-corrected chi connectivity index (χ3v) is 6.64. The molecule has 0 saturated heterocycles. The maximum absolute atomic E-state index is 13.4. The average Bonchev–Trinajstić information content (AvgIpc) is 2.98. The van der Waals surface area contributed by atoms with Gasteiger partial charge < -0.3 is 10.2 Å². The summed E-state index contributed by atoms with van der Waals surface area (Å²) in [6.45, 7) is 4.25. The van der Waals surface area contributed by atoms with Crippen LogP contribution in [0.2, 0.25) is 0 Å². The molecular weight excluding hydrogens is 508 g/mol. The fourth-order valence-electron chi connectivity index (χ4n) is 4.56. The number of amides is 4. The predicted octanol–water partition coefficient (Wildman–Crippen LogP) is 4.19. The first kappa shape index (κ1) is 30.3. The number of urea groups is 1. The monoisotopic (exact) mass is 546 g/mol. The summed E-state index contributed by atoms with van der Waals surface area (Å²) in [6.07, 6.45) is 1.15. The summed E-state index contributed by atoms with van der Waals surface area (Å²) in [5.74, 6) is -1.93. The van der Waals surface area contributed by atoms with Crippen LogP contribution < -0.4 is 16.3 Å². The minimum atomic E-state index is -1.05. The Hall–Kier alpha value is -4.21. The zero-order valence-corrected chi connectivity index (χ0v) is 22.9. The van der Waals surface area contributed by atoms with Gasteiger partial charge in [-0.15, -0.1) is 0 Å². The highest BCUT2D eigenvalue weighted by Crippen LogP contribution is 2.20. The van der Waals surface area contributed by atoms with Gasteiger partial charge in [0.2, 0.25) is 5.91 Å². The van der Waals surface area contributed by atoms with Gasteiger partial charge in [-0.2, -0.15) is 0 Å². The first-order valence-electron chi connectivity index (χ1n) is 13.4. The van der Waals surface area contributed by atoms with Crippen molar-refractivity contribution in [2.24, 2.45) is 11.8 Å². The number of nitrogens with one attached hydrogen (secondary N) is 3. The molecule has 212 valence electrons. The van der Waals surface area contributed by atoms with Crippen molar-refractivity contribution >= 4 is 17.8 Å². The molecule has 0 fully saturated rings. The summed E-state index contributed by atoms with van der Waals surface area (Å²) in [4.78, 5) is 39.9. The van der Waals surface area contributed by atoms with E-state index in [0.717, 1.165) is 22.3 Å². The molecule has 0 spiro atoms. The number of benzene rings is 3. The summed E-state index contributed by atoms with van der Waals surface area (Å²) in [6, 6.07) is 25.6. The van der Waals surface area contributed by atoms with E-state index in [9.17, 15) is 24.8 Å².